The molecule has 0 radical (unpaired) electrons. The highest BCUT2D eigenvalue weighted by molar-refractivity contribution is 7.88. The molecule has 2 aliphatic rings. The minimum absolute atomic E-state index is 0.0252. The first-order chi connectivity index (χ1) is 10.3. The van der Waals surface area contributed by atoms with Gasteiger partial charge < -0.3 is 9.52 Å². The van der Waals surface area contributed by atoms with Crippen molar-refractivity contribution in [2.75, 3.05) is 39.0 Å². The number of piperidine rings is 1. The van der Waals surface area contributed by atoms with Crippen molar-refractivity contribution in [2.24, 2.45) is 11.3 Å². The third-order valence-corrected chi connectivity index (χ3v) is 6.29. The van der Waals surface area contributed by atoms with Gasteiger partial charge in [0, 0.05) is 25.0 Å². The van der Waals surface area contributed by atoms with Crippen molar-refractivity contribution in [1.29, 1.82) is 0 Å². The van der Waals surface area contributed by atoms with Gasteiger partial charge in [0.1, 0.15) is 11.5 Å². The summed E-state index contributed by atoms with van der Waals surface area (Å²) in [6.45, 7) is 5.22. The zero-order valence-corrected chi connectivity index (χ0v) is 14.0. The quantitative estimate of drug-likeness (QED) is 0.879. The van der Waals surface area contributed by atoms with E-state index in [0.29, 0.717) is 26.2 Å². The highest BCUT2D eigenvalue weighted by Gasteiger charge is 2.51. The van der Waals surface area contributed by atoms with E-state index in [2.05, 4.69) is 4.90 Å². The Labute approximate surface area is 131 Å². The summed E-state index contributed by atoms with van der Waals surface area (Å²) in [6.07, 6.45) is 2.16. The number of hydrogen-bond acceptors (Lipinski definition) is 5. The fourth-order valence-corrected chi connectivity index (χ4v) is 4.77. The van der Waals surface area contributed by atoms with Gasteiger partial charge in [-0.2, -0.15) is 0 Å². The van der Waals surface area contributed by atoms with Crippen LogP contribution in [-0.2, 0) is 16.6 Å². The van der Waals surface area contributed by atoms with Crippen LogP contribution in [-0.4, -0.2) is 61.8 Å². The molecule has 124 valence electrons. The van der Waals surface area contributed by atoms with E-state index in [4.69, 9.17) is 4.42 Å². The second-order valence-electron chi connectivity index (χ2n) is 6.78. The van der Waals surface area contributed by atoms with E-state index >= 15 is 0 Å². The molecule has 3 rings (SSSR count). The number of aryl methyl sites for hydroxylation is 1. The van der Waals surface area contributed by atoms with Crippen molar-refractivity contribution in [1.82, 2.24) is 9.21 Å². The third-order valence-electron chi connectivity index (χ3n) is 5.07. The smallest absolute Gasteiger partial charge is 0.211 e. The molecule has 7 heteroatoms. The summed E-state index contributed by atoms with van der Waals surface area (Å²) in [5.74, 6) is 2.05. The predicted octanol–water partition coefficient (Wildman–Crippen LogP) is 0.664. The molecule has 6 nitrogen and oxygen atoms in total. The van der Waals surface area contributed by atoms with Crippen LogP contribution in [0.5, 0.6) is 0 Å². The van der Waals surface area contributed by atoms with Gasteiger partial charge in [-0.25, -0.2) is 12.7 Å². The van der Waals surface area contributed by atoms with Crippen molar-refractivity contribution in [3.8, 4) is 0 Å². The van der Waals surface area contributed by atoms with Crippen molar-refractivity contribution >= 4 is 10.0 Å². The van der Waals surface area contributed by atoms with Gasteiger partial charge in [0.05, 0.1) is 19.4 Å². The molecule has 1 aromatic rings. The molecule has 2 fully saturated rings. The van der Waals surface area contributed by atoms with Gasteiger partial charge in [-0.1, -0.05) is 0 Å². The maximum atomic E-state index is 11.8. The molecule has 2 saturated heterocycles. The number of likely N-dealkylation sites (tertiary alicyclic amines) is 1. The topological polar surface area (TPSA) is 74.0 Å². The molecular formula is C15H24N2O4S. The van der Waals surface area contributed by atoms with E-state index in [1.807, 2.05) is 19.1 Å². The number of aliphatic hydroxyl groups is 1. The number of furan rings is 1. The van der Waals surface area contributed by atoms with Gasteiger partial charge in [-0.15, -0.1) is 0 Å². The first-order valence-corrected chi connectivity index (χ1v) is 9.51. The van der Waals surface area contributed by atoms with Crippen molar-refractivity contribution in [3.63, 3.8) is 0 Å². The Bertz CT molecular complexity index is 642. The lowest BCUT2D eigenvalue weighted by atomic mass is 9.74. The van der Waals surface area contributed by atoms with Gasteiger partial charge >= 0.3 is 0 Å². The number of aliphatic hydroxyl groups excluding tert-OH is 1. The normalized spacial score (nSPS) is 30.6. The lowest BCUT2D eigenvalue weighted by Gasteiger charge is -2.42. The van der Waals surface area contributed by atoms with Gasteiger partial charge in [0.25, 0.3) is 0 Å². The van der Waals surface area contributed by atoms with Gasteiger partial charge in [-0.05, 0) is 37.9 Å². The maximum Gasteiger partial charge on any atom is 0.211 e. The van der Waals surface area contributed by atoms with Crippen LogP contribution in [0.1, 0.15) is 17.9 Å². The predicted molar refractivity (Wildman–Crippen MR) is 82.8 cm³/mol. The zero-order valence-electron chi connectivity index (χ0n) is 13.2. The Balaban J connectivity index is 1.74. The van der Waals surface area contributed by atoms with E-state index in [9.17, 15) is 13.5 Å². The fourth-order valence-electron chi connectivity index (χ4n) is 3.83. The summed E-state index contributed by atoms with van der Waals surface area (Å²) < 4.78 is 30.8. The molecule has 22 heavy (non-hydrogen) atoms. The molecule has 2 aliphatic heterocycles. The summed E-state index contributed by atoms with van der Waals surface area (Å²) in [4.78, 5) is 2.26. The second kappa shape index (κ2) is 5.63. The molecule has 0 unspecified atom stereocenters. The van der Waals surface area contributed by atoms with Crippen molar-refractivity contribution < 1.29 is 17.9 Å². The SMILES string of the molecule is Cc1ccc(CN2CC[C@H]3CN(S(C)(=O)=O)C[C@@]3(CO)C2)o1. The first-order valence-electron chi connectivity index (χ1n) is 7.66. The Morgan fingerprint density at radius 1 is 1.41 bits per heavy atom. The molecular weight excluding hydrogens is 304 g/mol. The molecule has 0 aromatic carbocycles. The molecule has 0 spiro atoms. The molecule has 2 atom stereocenters. The number of nitrogens with zero attached hydrogens (tertiary/aromatic N) is 2. The number of fused-ring (bicyclic) bond motifs is 1. The number of sulfonamides is 1. The Hall–Kier alpha value is -0.890. The van der Waals surface area contributed by atoms with Crippen LogP contribution < -0.4 is 0 Å². The second-order valence-corrected chi connectivity index (χ2v) is 8.77. The maximum absolute atomic E-state index is 11.8. The van der Waals surface area contributed by atoms with E-state index in [0.717, 1.165) is 24.5 Å². The van der Waals surface area contributed by atoms with E-state index in [1.165, 1.54) is 10.6 Å². The third kappa shape index (κ3) is 2.95. The van der Waals surface area contributed by atoms with Crippen molar-refractivity contribution in [2.45, 2.75) is 19.9 Å². The van der Waals surface area contributed by atoms with Gasteiger partial charge in [0.15, 0.2) is 0 Å². The number of rotatable bonds is 4. The largest absolute Gasteiger partial charge is 0.465 e. The molecule has 0 bridgehead atoms. The minimum atomic E-state index is -3.20. The first kappa shape index (κ1) is 16.0. The Morgan fingerprint density at radius 3 is 2.77 bits per heavy atom. The Kier molecular flexibility index (Phi) is 4.09. The van der Waals surface area contributed by atoms with Crippen LogP contribution in [0.3, 0.4) is 0 Å². The summed E-state index contributed by atoms with van der Waals surface area (Å²) >= 11 is 0. The summed E-state index contributed by atoms with van der Waals surface area (Å²) in [7, 11) is -3.20. The van der Waals surface area contributed by atoms with Crippen LogP contribution >= 0.6 is 0 Å². The van der Waals surface area contributed by atoms with Crippen LogP contribution in [0, 0.1) is 18.3 Å². The minimum Gasteiger partial charge on any atom is -0.465 e. The average Bonchev–Trinajstić information content (AvgIpc) is 3.02. The lowest BCUT2D eigenvalue weighted by molar-refractivity contribution is 0.00639. The van der Waals surface area contributed by atoms with Crippen LogP contribution in [0.25, 0.3) is 0 Å². The average molecular weight is 328 g/mol. The molecule has 0 amide bonds. The standard InChI is InChI=1S/C15H24N2O4S/c1-12-3-4-14(21-12)8-16-6-5-13-7-17(22(2,19)20)10-15(13,9-16)11-18/h3-4,13,18H,5-11H2,1-2H3/t13-,15+/m0/s1. The van der Waals surface area contributed by atoms with Crippen LogP contribution in [0.15, 0.2) is 16.5 Å². The summed E-state index contributed by atoms with van der Waals surface area (Å²) in [5, 5.41) is 9.95. The molecule has 1 N–H and O–H groups in total. The fraction of sp³-hybridized carbons (Fsp3) is 0.733. The van der Waals surface area contributed by atoms with Gasteiger partial charge in [0.2, 0.25) is 10.0 Å². The van der Waals surface area contributed by atoms with E-state index < -0.39 is 10.0 Å². The Morgan fingerprint density at radius 2 is 2.18 bits per heavy atom. The highest BCUT2D eigenvalue weighted by Crippen LogP contribution is 2.42. The van der Waals surface area contributed by atoms with E-state index in [1.54, 1.807) is 0 Å². The molecule has 1 aromatic heterocycles. The summed E-state index contributed by atoms with van der Waals surface area (Å²) in [6, 6.07) is 3.93. The molecule has 0 saturated carbocycles. The van der Waals surface area contributed by atoms with Gasteiger partial charge in [-0.3, -0.25) is 4.90 Å². The zero-order chi connectivity index (χ0) is 16.0. The molecule has 0 aliphatic carbocycles. The molecule has 3 heterocycles. The van der Waals surface area contributed by atoms with Crippen LogP contribution in [0.4, 0.5) is 0 Å². The lowest BCUT2D eigenvalue weighted by Crippen LogP contribution is -2.50. The number of hydrogen-bond donors (Lipinski definition) is 1. The monoisotopic (exact) mass is 328 g/mol. The summed E-state index contributed by atoms with van der Waals surface area (Å²) in [5.41, 5.74) is -0.344. The van der Waals surface area contributed by atoms with E-state index in [-0.39, 0.29) is 17.9 Å². The van der Waals surface area contributed by atoms with Crippen molar-refractivity contribution in [3.05, 3.63) is 23.7 Å². The highest BCUT2D eigenvalue weighted by atomic mass is 32.2. The van der Waals surface area contributed by atoms with Crippen LogP contribution in [0.2, 0.25) is 0 Å².